The molecule has 3 amide bonds. The Labute approximate surface area is 226 Å². The Hall–Kier alpha value is -3.56. The van der Waals surface area contributed by atoms with Gasteiger partial charge in [-0.05, 0) is 48.6 Å². The summed E-state index contributed by atoms with van der Waals surface area (Å²) < 4.78 is 0. The molecule has 5 atom stereocenters. The van der Waals surface area contributed by atoms with E-state index in [0.717, 1.165) is 30.4 Å². The Morgan fingerprint density at radius 3 is 2.31 bits per heavy atom. The van der Waals surface area contributed by atoms with Crippen LogP contribution in [-0.2, 0) is 24.8 Å². The number of ketones is 1. The van der Waals surface area contributed by atoms with Gasteiger partial charge in [0.2, 0.25) is 11.8 Å². The first-order valence-electron chi connectivity index (χ1n) is 13.8. The van der Waals surface area contributed by atoms with Gasteiger partial charge in [0.1, 0.15) is 12.6 Å². The number of benzene rings is 2. The second-order valence-corrected chi connectivity index (χ2v) is 11.3. The summed E-state index contributed by atoms with van der Waals surface area (Å²) in [5, 5.41) is 27.3. The number of amides is 3. The third-order valence-electron chi connectivity index (χ3n) is 9.20. The van der Waals surface area contributed by atoms with Crippen LogP contribution in [0.1, 0.15) is 43.2 Å². The Kier molecular flexibility index (Phi) is 6.51. The average Bonchev–Trinajstić information content (AvgIpc) is 3.71. The Balaban J connectivity index is 1.32. The van der Waals surface area contributed by atoms with Crippen molar-refractivity contribution in [3.63, 3.8) is 0 Å². The van der Waals surface area contributed by atoms with Gasteiger partial charge in [0.15, 0.2) is 11.4 Å². The highest BCUT2D eigenvalue weighted by molar-refractivity contribution is 6.01. The van der Waals surface area contributed by atoms with E-state index < -0.39 is 47.8 Å². The number of Topliss-reactive ketones (excluding diaryl/α,β-unsaturated/α-hetero) is 1. The summed E-state index contributed by atoms with van der Waals surface area (Å²) >= 11 is 0. The van der Waals surface area contributed by atoms with Crippen molar-refractivity contribution < 1.29 is 29.4 Å². The van der Waals surface area contributed by atoms with Crippen molar-refractivity contribution in [1.29, 1.82) is 0 Å². The van der Waals surface area contributed by atoms with E-state index in [-0.39, 0.29) is 24.2 Å². The van der Waals surface area contributed by atoms with E-state index in [0.29, 0.717) is 30.6 Å². The van der Waals surface area contributed by atoms with Crippen molar-refractivity contribution >= 4 is 23.5 Å². The molecule has 0 unspecified atom stereocenters. The molecule has 2 aromatic carbocycles. The third kappa shape index (κ3) is 4.06. The number of likely N-dealkylation sites (tertiary alicyclic amines) is 1. The van der Waals surface area contributed by atoms with Crippen LogP contribution in [0.25, 0.3) is 11.1 Å². The lowest BCUT2D eigenvalue weighted by atomic mass is 9.88. The van der Waals surface area contributed by atoms with Crippen molar-refractivity contribution in [3.8, 4) is 11.1 Å². The van der Waals surface area contributed by atoms with Crippen molar-refractivity contribution in [2.45, 2.75) is 49.8 Å². The summed E-state index contributed by atoms with van der Waals surface area (Å²) in [6.45, 7) is 0.0948. The summed E-state index contributed by atoms with van der Waals surface area (Å²) in [5.41, 5.74) is 0.619. The summed E-state index contributed by atoms with van der Waals surface area (Å²) in [6.07, 6.45) is 3.23. The number of aliphatic hydroxyl groups is 2. The van der Waals surface area contributed by atoms with E-state index in [1.165, 1.54) is 4.90 Å². The highest BCUT2D eigenvalue weighted by Crippen LogP contribution is 2.50. The molecule has 2 heterocycles. The van der Waals surface area contributed by atoms with Gasteiger partial charge in [0.25, 0.3) is 5.91 Å². The average molecular weight is 532 g/mol. The van der Waals surface area contributed by atoms with Crippen molar-refractivity contribution in [3.05, 3.63) is 59.7 Å². The number of hydrogen-bond donors (Lipinski definition) is 4. The third-order valence-corrected chi connectivity index (χ3v) is 9.20. The van der Waals surface area contributed by atoms with Crippen LogP contribution >= 0.6 is 0 Å². The van der Waals surface area contributed by atoms with Gasteiger partial charge < -0.3 is 25.7 Å². The van der Waals surface area contributed by atoms with Crippen LogP contribution in [0.2, 0.25) is 0 Å². The molecule has 0 bridgehead atoms. The van der Waals surface area contributed by atoms with E-state index in [4.69, 9.17) is 0 Å². The van der Waals surface area contributed by atoms with Gasteiger partial charge in [-0.1, -0.05) is 55.0 Å². The van der Waals surface area contributed by atoms with E-state index in [1.54, 1.807) is 24.3 Å². The molecule has 2 aliphatic heterocycles. The topological polar surface area (TPSA) is 136 Å². The number of hydrogen-bond acceptors (Lipinski definition) is 6. The van der Waals surface area contributed by atoms with Crippen LogP contribution in [0.4, 0.5) is 0 Å². The molecule has 2 aromatic rings. The SMILES string of the molecule is O=C1NCC[C@H]1C[C@H](NC(=O)[C@@H]1[C@H]2CCC[C@H]2CN1C(=O)C1(O)c2ccccc2-c2ccccc21)C(=O)CO. The summed E-state index contributed by atoms with van der Waals surface area (Å²) in [4.78, 5) is 54.5. The van der Waals surface area contributed by atoms with Gasteiger partial charge in [-0.2, -0.15) is 0 Å². The van der Waals surface area contributed by atoms with Gasteiger partial charge >= 0.3 is 0 Å². The monoisotopic (exact) mass is 531 g/mol. The van der Waals surface area contributed by atoms with E-state index in [1.807, 2.05) is 24.3 Å². The maximum atomic E-state index is 14.4. The molecule has 4 aliphatic rings. The summed E-state index contributed by atoms with van der Waals surface area (Å²) in [7, 11) is 0. The Morgan fingerprint density at radius 2 is 1.69 bits per heavy atom. The normalized spacial score (nSPS) is 26.9. The van der Waals surface area contributed by atoms with Crippen LogP contribution in [0.15, 0.2) is 48.5 Å². The van der Waals surface area contributed by atoms with E-state index >= 15 is 0 Å². The lowest BCUT2D eigenvalue weighted by Crippen LogP contribution is -2.57. The molecule has 1 saturated carbocycles. The fourth-order valence-corrected chi connectivity index (χ4v) is 7.29. The van der Waals surface area contributed by atoms with Crippen LogP contribution in [0, 0.1) is 17.8 Å². The minimum atomic E-state index is -1.94. The minimum absolute atomic E-state index is 0.0934. The molecular formula is C30H33N3O6. The van der Waals surface area contributed by atoms with Crippen molar-refractivity contribution in [1.82, 2.24) is 15.5 Å². The second kappa shape index (κ2) is 9.88. The zero-order valence-electron chi connectivity index (χ0n) is 21.6. The molecule has 9 nitrogen and oxygen atoms in total. The molecule has 0 aromatic heterocycles. The van der Waals surface area contributed by atoms with Crippen LogP contribution in [-0.4, -0.2) is 70.4 Å². The number of nitrogens with zero attached hydrogens (tertiary/aromatic N) is 1. The first-order valence-corrected chi connectivity index (χ1v) is 13.8. The van der Waals surface area contributed by atoms with Gasteiger partial charge in [-0.3, -0.25) is 19.2 Å². The highest BCUT2D eigenvalue weighted by Gasteiger charge is 2.56. The predicted molar refractivity (Wildman–Crippen MR) is 141 cm³/mol. The first kappa shape index (κ1) is 25.7. The fraction of sp³-hybridized carbons (Fsp3) is 0.467. The van der Waals surface area contributed by atoms with Crippen LogP contribution in [0.5, 0.6) is 0 Å². The Morgan fingerprint density at radius 1 is 1.03 bits per heavy atom. The smallest absolute Gasteiger partial charge is 0.264 e. The Bertz CT molecular complexity index is 1300. The first-order chi connectivity index (χ1) is 18.8. The zero-order chi connectivity index (χ0) is 27.3. The zero-order valence-corrected chi connectivity index (χ0v) is 21.6. The molecule has 39 heavy (non-hydrogen) atoms. The van der Waals surface area contributed by atoms with Gasteiger partial charge in [0.05, 0.1) is 6.04 Å². The quantitative estimate of drug-likeness (QED) is 0.423. The van der Waals surface area contributed by atoms with Crippen LogP contribution in [0.3, 0.4) is 0 Å². The second-order valence-electron chi connectivity index (χ2n) is 11.3. The molecule has 2 saturated heterocycles. The summed E-state index contributed by atoms with van der Waals surface area (Å²) in [6, 6.07) is 12.7. The minimum Gasteiger partial charge on any atom is -0.389 e. The maximum absolute atomic E-state index is 14.4. The summed E-state index contributed by atoms with van der Waals surface area (Å²) in [5.74, 6) is -2.18. The lowest BCUT2D eigenvalue weighted by molar-refractivity contribution is -0.152. The molecule has 9 heteroatoms. The van der Waals surface area contributed by atoms with Crippen molar-refractivity contribution in [2.75, 3.05) is 19.7 Å². The van der Waals surface area contributed by atoms with Gasteiger partial charge in [0, 0.05) is 30.1 Å². The lowest BCUT2D eigenvalue weighted by Gasteiger charge is -2.34. The van der Waals surface area contributed by atoms with Gasteiger partial charge in [-0.25, -0.2) is 0 Å². The number of fused-ring (bicyclic) bond motifs is 4. The number of aliphatic hydroxyl groups excluding tert-OH is 1. The number of carbonyl (C=O) groups is 4. The van der Waals surface area contributed by atoms with Gasteiger partial charge in [-0.15, -0.1) is 0 Å². The molecule has 4 N–H and O–H groups in total. The van der Waals surface area contributed by atoms with E-state index in [9.17, 15) is 29.4 Å². The molecular weight excluding hydrogens is 498 g/mol. The maximum Gasteiger partial charge on any atom is 0.264 e. The van der Waals surface area contributed by atoms with E-state index in [2.05, 4.69) is 10.6 Å². The molecule has 0 spiro atoms. The fourth-order valence-electron chi connectivity index (χ4n) is 7.29. The van der Waals surface area contributed by atoms with Crippen LogP contribution < -0.4 is 10.6 Å². The largest absolute Gasteiger partial charge is 0.389 e. The molecule has 204 valence electrons. The highest BCUT2D eigenvalue weighted by atomic mass is 16.3. The molecule has 2 aliphatic carbocycles. The number of rotatable bonds is 7. The molecule has 6 rings (SSSR count). The number of nitrogens with one attached hydrogen (secondary N) is 2. The standard InChI is InChI=1S/C30H33N3O6/c34-16-25(35)24(14-17-12-13-31-27(17)36)32-28(37)26-19-9-5-6-18(19)15-33(26)29(38)30(39)22-10-3-1-7-20(22)21-8-2-4-11-23(21)30/h1-4,7-8,10-11,17-19,24,26,34,39H,5-6,9,12-16H2,(H,31,36)(H,32,37)/t17-,18-,19-,24-,26-/m0/s1. The predicted octanol–water partition coefficient (Wildman–Crippen LogP) is 1.10. The van der Waals surface area contributed by atoms with Crippen molar-refractivity contribution in [2.24, 2.45) is 17.8 Å². The molecule has 3 fully saturated rings. The molecule has 0 radical (unpaired) electrons. The number of carbonyl (C=O) groups excluding carboxylic acids is 4.